The van der Waals surface area contributed by atoms with Crippen LogP contribution in [-0.4, -0.2) is 23.4 Å². The smallest absolute Gasteiger partial charge is 0.241 e. The summed E-state index contributed by atoms with van der Waals surface area (Å²) in [6.07, 6.45) is 1.01. The molecule has 1 aliphatic heterocycles. The van der Waals surface area contributed by atoms with Crippen LogP contribution in [0.5, 0.6) is 0 Å². The van der Waals surface area contributed by atoms with Gasteiger partial charge in [-0.15, -0.1) is 0 Å². The van der Waals surface area contributed by atoms with Gasteiger partial charge in [0.1, 0.15) is 0 Å². The van der Waals surface area contributed by atoms with Crippen molar-refractivity contribution in [2.24, 2.45) is 0 Å². The topological polar surface area (TPSA) is 32.3 Å². The van der Waals surface area contributed by atoms with Gasteiger partial charge in [0.2, 0.25) is 5.91 Å². The van der Waals surface area contributed by atoms with Crippen LogP contribution in [0.3, 0.4) is 0 Å². The first kappa shape index (κ1) is 14.8. The van der Waals surface area contributed by atoms with Crippen molar-refractivity contribution in [3.63, 3.8) is 0 Å². The maximum absolute atomic E-state index is 12.5. The minimum Gasteiger partial charge on any atom is -0.324 e. The molecule has 22 heavy (non-hydrogen) atoms. The Kier molecular flexibility index (Phi) is 4.25. The van der Waals surface area contributed by atoms with Gasteiger partial charge in [0.05, 0.1) is 6.04 Å². The van der Waals surface area contributed by atoms with Gasteiger partial charge in [-0.25, -0.2) is 0 Å². The summed E-state index contributed by atoms with van der Waals surface area (Å²) in [7, 11) is 0. The van der Waals surface area contributed by atoms with Crippen molar-refractivity contribution in [2.75, 3.05) is 11.9 Å². The predicted octanol–water partition coefficient (Wildman–Crippen LogP) is 3.38. The Morgan fingerprint density at radius 3 is 2.55 bits per heavy atom. The van der Waals surface area contributed by atoms with E-state index in [1.54, 1.807) is 0 Å². The average molecular weight is 294 g/mol. The van der Waals surface area contributed by atoms with Crippen LogP contribution in [0.25, 0.3) is 0 Å². The van der Waals surface area contributed by atoms with E-state index in [0.29, 0.717) is 0 Å². The molecule has 1 amide bonds. The van der Waals surface area contributed by atoms with E-state index in [9.17, 15) is 4.79 Å². The van der Waals surface area contributed by atoms with E-state index in [2.05, 4.69) is 34.5 Å². The quantitative estimate of drug-likeness (QED) is 0.941. The van der Waals surface area contributed by atoms with Crippen LogP contribution in [0.15, 0.2) is 48.5 Å². The van der Waals surface area contributed by atoms with Crippen molar-refractivity contribution in [2.45, 2.75) is 32.9 Å². The van der Waals surface area contributed by atoms with Crippen LogP contribution >= 0.6 is 0 Å². The van der Waals surface area contributed by atoms with Gasteiger partial charge in [0.15, 0.2) is 0 Å². The van der Waals surface area contributed by atoms with Gasteiger partial charge in [0, 0.05) is 18.8 Å². The molecule has 0 saturated carbocycles. The molecule has 1 heterocycles. The highest BCUT2D eigenvalue weighted by Gasteiger charge is 2.25. The molecule has 1 N–H and O–H groups in total. The summed E-state index contributed by atoms with van der Waals surface area (Å²) >= 11 is 0. The van der Waals surface area contributed by atoms with Crippen LogP contribution in [0.4, 0.5) is 5.69 Å². The Hall–Kier alpha value is -2.13. The summed E-state index contributed by atoms with van der Waals surface area (Å²) in [6.45, 7) is 5.77. The number of rotatable bonds is 3. The van der Waals surface area contributed by atoms with Crippen molar-refractivity contribution in [1.29, 1.82) is 0 Å². The fourth-order valence-electron chi connectivity index (χ4n) is 2.96. The van der Waals surface area contributed by atoms with Crippen LogP contribution in [0.2, 0.25) is 0 Å². The number of amides is 1. The standard InChI is InChI=1S/C19H22N2O/c1-14-7-3-6-10-18(14)20-19(22)15(2)21-12-11-16-8-4-5-9-17(16)13-21/h3-10,15H,11-13H2,1-2H3,(H,20,22). The first-order valence-corrected chi connectivity index (χ1v) is 7.82. The number of aryl methyl sites for hydroxylation is 1. The number of hydrogen-bond donors (Lipinski definition) is 1. The maximum Gasteiger partial charge on any atom is 0.241 e. The number of benzene rings is 2. The zero-order valence-electron chi connectivity index (χ0n) is 13.2. The molecule has 0 bridgehead atoms. The van der Waals surface area contributed by atoms with Crippen LogP contribution < -0.4 is 5.32 Å². The number of nitrogens with zero attached hydrogens (tertiary/aromatic N) is 1. The van der Waals surface area contributed by atoms with E-state index in [-0.39, 0.29) is 11.9 Å². The molecular weight excluding hydrogens is 272 g/mol. The molecule has 3 heteroatoms. The number of fused-ring (bicyclic) bond motifs is 1. The molecule has 0 aromatic heterocycles. The minimum atomic E-state index is -0.132. The van der Waals surface area contributed by atoms with Gasteiger partial charge in [-0.1, -0.05) is 42.5 Å². The first-order valence-electron chi connectivity index (χ1n) is 7.82. The zero-order valence-corrected chi connectivity index (χ0v) is 13.2. The van der Waals surface area contributed by atoms with E-state index in [1.807, 2.05) is 38.1 Å². The molecule has 114 valence electrons. The third-order valence-corrected chi connectivity index (χ3v) is 4.49. The normalized spacial score (nSPS) is 15.9. The lowest BCUT2D eigenvalue weighted by Crippen LogP contribution is -2.44. The van der Waals surface area contributed by atoms with Gasteiger partial charge in [-0.3, -0.25) is 9.69 Å². The highest BCUT2D eigenvalue weighted by Crippen LogP contribution is 2.21. The largest absolute Gasteiger partial charge is 0.324 e. The van der Waals surface area contributed by atoms with Gasteiger partial charge in [0.25, 0.3) is 0 Å². The molecule has 0 aliphatic carbocycles. The number of nitrogens with one attached hydrogen (secondary N) is 1. The minimum absolute atomic E-state index is 0.0636. The third kappa shape index (κ3) is 3.04. The SMILES string of the molecule is Cc1ccccc1NC(=O)C(C)N1CCc2ccccc2C1. The Bertz CT molecular complexity index is 681. The second-order valence-corrected chi connectivity index (χ2v) is 5.97. The number of carbonyl (C=O) groups excluding carboxylic acids is 1. The van der Waals surface area contributed by atoms with Crippen LogP contribution in [0.1, 0.15) is 23.6 Å². The monoisotopic (exact) mass is 294 g/mol. The molecular formula is C19H22N2O. The van der Waals surface area contributed by atoms with E-state index in [0.717, 1.165) is 30.8 Å². The summed E-state index contributed by atoms with van der Waals surface area (Å²) in [5, 5.41) is 3.05. The Balaban J connectivity index is 1.68. The summed E-state index contributed by atoms with van der Waals surface area (Å²) < 4.78 is 0. The fourth-order valence-corrected chi connectivity index (χ4v) is 2.96. The highest BCUT2D eigenvalue weighted by atomic mass is 16.2. The molecule has 0 radical (unpaired) electrons. The Morgan fingerprint density at radius 2 is 1.77 bits per heavy atom. The first-order chi connectivity index (χ1) is 10.6. The van der Waals surface area contributed by atoms with Crippen LogP contribution in [-0.2, 0) is 17.8 Å². The number of hydrogen-bond acceptors (Lipinski definition) is 2. The number of para-hydroxylation sites is 1. The molecule has 2 aromatic rings. The van der Waals surface area contributed by atoms with E-state index < -0.39 is 0 Å². The zero-order chi connectivity index (χ0) is 15.5. The maximum atomic E-state index is 12.5. The number of anilines is 1. The second-order valence-electron chi connectivity index (χ2n) is 5.97. The van der Waals surface area contributed by atoms with E-state index in [1.165, 1.54) is 11.1 Å². The molecule has 3 rings (SSSR count). The summed E-state index contributed by atoms with van der Waals surface area (Å²) in [6, 6.07) is 16.3. The van der Waals surface area contributed by atoms with Gasteiger partial charge in [-0.05, 0) is 43.0 Å². The molecule has 1 unspecified atom stereocenters. The molecule has 2 aromatic carbocycles. The molecule has 0 saturated heterocycles. The predicted molar refractivity (Wildman–Crippen MR) is 89.8 cm³/mol. The van der Waals surface area contributed by atoms with Crippen molar-refractivity contribution >= 4 is 11.6 Å². The van der Waals surface area contributed by atoms with Crippen molar-refractivity contribution in [3.05, 3.63) is 65.2 Å². The van der Waals surface area contributed by atoms with Gasteiger partial charge < -0.3 is 5.32 Å². The molecule has 3 nitrogen and oxygen atoms in total. The third-order valence-electron chi connectivity index (χ3n) is 4.49. The van der Waals surface area contributed by atoms with Gasteiger partial charge >= 0.3 is 0 Å². The van der Waals surface area contributed by atoms with Crippen molar-refractivity contribution < 1.29 is 4.79 Å². The van der Waals surface area contributed by atoms with Crippen LogP contribution in [0, 0.1) is 6.92 Å². The molecule has 0 fully saturated rings. The molecule has 0 spiro atoms. The highest BCUT2D eigenvalue weighted by molar-refractivity contribution is 5.95. The van der Waals surface area contributed by atoms with E-state index in [4.69, 9.17) is 0 Å². The second kappa shape index (κ2) is 6.32. The lowest BCUT2D eigenvalue weighted by molar-refractivity contribution is -0.121. The number of carbonyl (C=O) groups is 1. The summed E-state index contributed by atoms with van der Waals surface area (Å²) in [5.74, 6) is 0.0636. The van der Waals surface area contributed by atoms with Gasteiger partial charge in [-0.2, -0.15) is 0 Å². The Labute approximate surface area is 132 Å². The molecule has 1 atom stereocenters. The van der Waals surface area contributed by atoms with E-state index >= 15 is 0 Å². The molecule has 1 aliphatic rings. The average Bonchev–Trinajstić information content (AvgIpc) is 2.55. The summed E-state index contributed by atoms with van der Waals surface area (Å²) in [5.41, 5.74) is 4.73. The fraction of sp³-hybridized carbons (Fsp3) is 0.316. The lowest BCUT2D eigenvalue weighted by atomic mass is 9.98. The summed E-state index contributed by atoms with van der Waals surface area (Å²) in [4.78, 5) is 14.8. The lowest BCUT2D eigenvalue weighted by Gasteiger charge is -2.33. The van der Waals surface area contributed by atoms with Crippen molar-refractivity contribution in [1.82, 2.24) is 4.90 Å². The van der Waals surface area contributed by atoms with Crippen molar-refractivity contribution in [3.8, 4) is 0 Å². The Morgan fingerprint density at radius 1 is 1.09 bits per heavy atom.